The van der Waals surface area contributed by atoms with Crippen molar-refractivity contribution in [1.82, 2.24) is 10.6 Å². The molecule has 1 aliphatic heterocycles. The predicted molar refractivity (Wildman–Crippen MR) is 28.8 cm³/mol. The van der Waals surface area contributed by atoms with Crippen LogP contribution < -0.4 is 10.6 Å². The smallest absolute Gasteiger partial charge is 0.103 e. The first-order valence-corrected chi connectivity index (χ1v) is 2.56. The van der Waals surface area contributed by atoms with Crippen molar-refractivity contribution in [2.75, 3.05) is 13.1 Å². The van der Waals surface area contributed by atoms with E-state index in [0.29, 0.717) is 0 Å². The molecule has 0 saturated carbocycles. The third kappa shape index (κ3) is 0.864. The van der Waals surface area contributed by atoms with Crippen LogP contribution in [0.4, 0.5) is 0 Å². The second kappa shape index (κ2) is 1.82. The molecule has 0 bridgehead atoms. The summed E-state index contributed by atoms with van der Waals surface area (Å²) in [5, 5.41) is 6.15. The standard InChI is InChI=1S/C3H8N2S/c6-3-4-1-2-5-3/h3-6H,1-2H2. The fourth-order valence-corrected chi connectivity index (χ4v) is 0.748. The monoisotopic (exact) mass is 104 g/mol. The van der Waals surface area contributed by atoms with Crippen molar-refractivity contribution >= 4 is 12.6 Å². The molecule has 3 heteroatoms. The van der Waals surface area contributed by atoms with E-state index in [1.54, 1.807) is 0 Å². The molecule has 6 heavy (non-hydrogen) atoms. The third-order valence-corrected chi connectivity index (χ3v) is 1.17. The number of thiol groups is 1. The fraction of sp³-hybridized carbons (Fsp3) is 1.00. The first kappa shape index (κ1) is 4.43. The Hall–Kier alpha value is 0.270. The van der Waals surface area contributed by atoms with Gasteiger partial charge in [0.25, 0.3) is 0 Å². The summed E-state index contributed by atoms with van der Waals surface area (Å²) in [7, 11) is 0. The van der Waals surface area contributed by atoms with Gasteiger partial charge in [-0.2, -0.15) is 0 Å². The summed E-state index contributed by atoms with van der Waals surface area (Å²) >= 11 is 4.07. The topological polar surface area (TPSA) is 24.1 Å². The molecule has 1 aliphatic rings. The molecule has 0 aromatic rings. The molecule has 0 aromatic heterocycles. The summed E-state index contributed by atoms with van der Waals surface area (Å²) in [6.07, 6.45) is 0. The van der Waals surface area contributed by atoms with Crippen LogP contribution in [-0.4, -0.2) is 18.6 Å². The first-order valence-electron chi connectivity index (χ1n) is 2.04. The van der Waals surface area contributed by atoms with Crippen LogP contribution in [0.5, 0.6) is 0 Å². The van der Waals surface area contributed by atoms with E-state index in [1.807, 2.05) is 0 Å². The molecule has 0 atom stereocenters. The molecule has 1 saturated heterocycles. The van der Waals surface area contributed by atoms with Crippen LogP contribution in [-0.2, 0) is 0 Å². The van der Waals surface area contributed by atoms with Gasteiger partial charge in [0.15, 0.2) is 0 Å². The molecule has 1 fully saturated rings. The van der Waals surface area contributed by atoms with E-state index in [0.717, 1.165) is 13.1 Å². The molecule has 0 aromatic carbocycles. The Morgan fingerprint density at radius 2 is 1.83 bits per heavy atom. The minimum absolute atomic E-state index is 0.241. The van der Waals surface area contributed by atoms with Gasteiger partial charge in [-0.1, -0.05) is 0 Å². The minimum Gasteiger partial charge on any atom is -0.292 e. The normalized spacial score (nSPS) is 25.5. The van der Waals surface area contributed by atoms with E-state index < -0.39 is 0 Å². The van der Waals surface area contributed by atoms with Crippen molar-refractivity contribution in [1.29, 1.82) is 0 Å². The highest BCUT2D eigenvalue weighted by atomic mass is 32.1. The second-order valence-corrected chi connectivity index (χ2v) is 1.83. The molecule has 36 valence electrons. The molecular formula is C3H8N2S. The molecule has 0 unspecified atom stereocenters. The van der Waals surface area contributed by atoms with Gasteiger partial charge in [-0.15, -0.1) is 12.6 Å². The lowest BCUT2D eigenvalue weighted by Crippen LogP contribution is -2.23. The van der Waals surface area contributed by atoms with Gasteiger partial charge in [0.2, 0.25) is 0 Å². The van der Waals surface area contributed by atoms with E-state index >= 15 is 0 Å². The Labute approximate surface area is 42.7 Å². The highest BCUT2D eigenvalue weighted by molar-refractivity contribution is 7.80. The summed E-state index contributed by atoms with van der Waals surface area (Å²) < 4.78 is 0. The average Bonchev–Trinajstić information content (AvgIpc) is 1.86. The van der Waals surface area contributed by atoms with Gasteiger partial charge in [-0.3, -0.25) is 10.6 Å². The van der Waals surface area contributed by atoms with Crippen LogP contribution in [0, 0.1) is 0 Å². The number of hydrogen-bond acceptors (Lipinski definition) is 3. The Kier molecular flexibility index (Phi) is 1.34. The highest BCUT2D eigenvalue weighted by Crippen LogP contribution is 1.86. The summed E-state index contributed by atoms with van der Waals surface area (Å²) in [5.74, 6) is 0. The number of nitrogens with one attached hydrogen (secondary N) is 2. The van der Waals surface area contributed by atoms with Crippen LogP contribution in [0.1, 0.15) is 0 Å². The van der Waals surface area contributed by atoms with E-state index in [2.05, 4.69) is 23.3 Å². The van der Waals surface area contributed by atoms with Crippen LogP contribution >= 0.6 is 12.6 Å². The van der Waals surface area contributed by atoms with Gasteiger partial charge in [0.1, 0.15) is 5.50 Å². The van der Waals surface area contributed by atoms with Crippen LogP contribution in [0.15, 0.2) is 0 Å². The molecule has 0 aliphatic carbocycles. The van der Waals surface area contributed by atoms with E-state index in [-0.39, 0.29) is 5.50 Å². The van der Waals surface area contributed by atoms with E-state index in [1.165, 1.54) is 0 Å². The SMILES string of the molecule is SC1NCCN1. The van der Waals surface area contributed by atoms with Crippen molar-refractivity contribution in [2.24, 2.45) is 0 Å². The Morgan fingerprint density at radius 1 is 1.33 bits per heavy atom. The second-order valence-electron chi connectivity index (χ2n) is 1.31. The van der Waals surface area contributed by atoms with Crippen LogP contribution in [0.25, 0.3) is 0 Å². The van der Waals surface area contributed by atoms with Gasteiger partial charge in [-0.25, -0.2) is 0 Å². The highest BCUT2D eigenvalue weighted by Gasteiger charge is 2.04. The lowest BCUT2D eigenvalue weighted by Gasteiger charge is -1.96. The summed E-state index contributed by atoms with van der Waals surface area (Å²) in [6.45, 7) is 2.10. The Morgan fingerprint density at radius 3 is 2.00 bits per heavy atom. The summed E-state index contributed by atoms with van der Waals surface area (Å²) in [6, 6.07) is 0. The predicted octanol–water partition coefficient (Wildman–Crippen LogP) is -0.607. The van der Waals surface area contributed by atoms with Gasteiger partial charge < -0.3 is 0 Å². The minimum atomic E-state index is 0.241. The molecule has 1 rings (SSSR count). The fourth-order valence-electron chi connectivity index (χ4n) is 0.490. The molecule has 1 heterocycles. The molecule has 0 spiro atoms. The van der Waals surface area contributed by atoms with Gasteiger partial charge in [0.05, 0.1) is 0 Å². The zero-order valence-electron chi connectivity index (χ0n) is 3.44. The number of hydrogen-bond donors (Lipinski definition) is 3. The van der Waals surface area contributed by atoms with Gasteiger partial charge in [0, 0.05) is 13.1 Å². The van der Waals surface area contributed by atoms with Crippen LogP contribution in [0.2, 0.25) is 0 Å². The van der Waals surface area contributed by atoms with Crippen LogP contribution in [0.3, 0.4) is 0 Å². The van der Waals surface area contributed by atoms with Gasteiger partial charge in [-0.05, 0) is 0 Å². The maximum Gasteiger partial charge on any atom is 0.103 e. The van der Waals surface area contributed by atoms with Crippen molar-refractivity contribution in [2.45, 2.75) is 5.50 Å². The van der Waals surface area contributed by atoms with Crippen molar-refractivity contribution < 1.29 is 0 Å². The largest absolute Gasteiger partial charge is 0.292 e. The summed E-state index contributed by atoms with van der Waals surface area (Å²) in [5.41, 5.74) is 0.241. The van der Waals surface area contributed by atoms with E-state index in [9.17, 15) is 0 Å². The molecular weight excluding hydrogens is 96.1 g/mol. The lowest BCUT2D eigenvalue weighted by molar-refractivity contribution is 0.751. The Bertz CT molecular complexity index is 42.1. The zero-order chi connectivity index (χ0) is 4.41. The average molecular weight is 104 g/mol. The van der Waals surface area contributed by atoms with Gasteiger partial charge >= 0.3 is 0 Å². The quantitative estimate of drug-likeness (QED) is 0.357. The molecule has 2 N–H and O–H groups in total. The summed E-state index contributed by atoms with van der Waals surface area (Å²) in [4.78, 5) is 0. The van der Waals surface area contributed by atoms with Crippen molar-refractivity contribution in [3.05, 3.63) is 0 Å². The molecule has 2 nitrogen and oxygen atoms in total. The third-order valence-electron chi connectivity index (χ3n) is 0.800. The lowest BCUT2D eigenvalue weighted by atomic mass is 10.7. The number of rotatable bonds is 0. The maximum absolute atomic E-state index is 4.07. The van der Waals surface area contributed by atoms with Crippen molar-refractivity contribution in [3.8, 4) is 0 Å². The van der Waals surface area contributed by atoms with E-state index in [4.69, 9.17) is 0 Å². The zero-order valence-corrected chi connectivity index (χ0v) is 4.33. The Balaban J connectivity index is 2.18. The maximum atomic E-state index is 4.07. The van der Waals surface area contributed by atoms with Crippen molar-refractivity contribution in [3.63, 3.8) is 0 Å². The molecule has 0 amide bonds. The first-order chi connectivity index (χ1) is 2.89. The molecule has 0 radical (unpaired) electrons.